The molecule has 0 aliphatic carbocycles. The van der Waals surface area contributed by atoms with E-state index in [4.69, 9.17) is 5.11 Å². The van der Waals surface area contributed by atoms with Gasteiger partial charge in [-0.3, -0.25) is 10.2 Å². The summed E-state index contributed by atoms with van der Waals surface area (Å²) in [6.45, 7) is 7.69. The highest BCUT2D eigenvalue weighted by Gasteiger charge is 2.07. The molecule has 0 spiro atoms. The molecule has 0 radical (unpaired) electrons. The van der Waals surface area contributed by atoms with E-state index < -0.39 is 5.97 Å². The number of hydrogen-bond donors (Lipinski definition) is 3. The third kappa shape index (κ3) is 17.5. The average molecular weight is 330 g/mol. The zero-order chi connectivity index (χ0) is 17.2. The van der Waals surface area contributed by atoms with Crippen LogP contribution < -0.4 is 10.7 Å². The maximum atomic E-state index is 10.8. The lowest BCUT2D eigenvalue weighted by atomic mass is 10.1. The standard InChI is InChI=1S/C18H39N3O2/c1-3-5-6-7-8-9-10-11-12-13-14-20-21(17-18(22)23)16-15-19-4-2/h19-20H,3-17H2,1-2H3,(H,22,23). The molecule has 0 aromatic carbocycles. The van der Waals surface area contributed by atoms with Gasteiger partial charge >= 0.3 is 5.97 Å². The lowest BCUT2D eigenvalue weighted by molar-refractivity contribution is -0.139. The van der Waals surface area contributed by atoms with Crippen LogP contribution in [0.15, 0.2) is 0 Å². The molecule has 0 aromatic rings. The average Bonchev–Trinajstić information content (AvgIpc) is 2.52. The zero-order valence-corrected chi connectivity index (χ0v) is 15.4. The molecular weight excluding hydrogens is 290 g/mol. The van der Waals surface area contributed by atoms with Crippen molar-refractivity contribution in [2.75, 3.05) is 32.7 Å². The minimum atomic E-state index is -0.780. The molecule has 0 saturated carbocycles. The summed E-state index contributed by atoms with van der Waals surface area (Å²) < 4.78 is 0. The Hall–Kier alpha value is -0.650. The van der Waals surface area contributed by atoms with Gasteiger partial charge in [0.25, 0.3) is 0 Å². The number of unbranched alkanes of at least 4 members (excludes halogenated alkanes) is 9. The number of aliphatic carboxylic acids is 1. The second-order valence-corrected chi connectivity index (χ2v) is 6.26. The Bertz CT molecular complexity index is 263. The molecule has 0 heterocycles. The van der Waals surface area contributed by atoms with Crippen LogP contribution >= 0.6 is 0 Å². The second kappa shape index (κ2) is 17.7. The van der Waals surface area contributed by atoms with Gasteiger partial charge < -0.3 is 10.4 Å². The molecule has 0 unspecified atom stereocenters. The number of likely N-dealkylation sites (N-methyl/N-ethyl adjacent to an activating group) is 1. The zero-order valence-electron chi connectivity index (χ0n) is 15.4. The van der Waals surface area contributed by atoms with E-state index in [1.54, 1.807) is 5.01 Å². The molecular formula is C18H39N3O2. The van der Waals surface area contributed by atoms with Crippen LogP contribution in [0.3, 0.4) is 0 Å². The van der Waals surface area contributed by atoms with Gasteiger partial charge in [0, 0.05) is 19.6 Å². The predicted molar refractivity (Wildman–Crippen MR) is 97.6 cm³/mol. The smallest absolute Gasteiger partial charge is 0.319 e. The fourth-order valence-electron chi connectivity index (χ4n) is 2.62. The van der Waals surface area contributed by atoms with E-state index in [0.717, 1.165) is 32.6 Å². The van der Waals surface area contributed by atoms with Gasteiger partial charge in [0.1, 0.15) is 6.54 Å². The lowest BCUT2D eigenvalue weighted by Crippen LogP contribution is -2.45. The Morgan fingerprint density at radius 1 is 0.870 bits per heavy atom. The van der Waals surface area contributed by atoms with E-state index in [-0.39, 0.29) is 6.54 Å². The van der Waals surface area contributed by atoms with Crippen LogP contribution in [0.2, 0.25) is 0 Å². The first-order valence-corrected chi connectivity index (χ1v) is 9.61. The van der Waals surface area contributed by atoms with Gasteiger partial charge in [-0.05, 0) is 13.0 Å². The van der Waals surface area contributed by atoms with Crippen LogP contribution in [0.5, 0.6) is 0 Å². The molecule has 0 fully saturated rings. The van der Waals surface area contributed by atoms with Gasteiger partial charge in [-0.25, -0.2) is 5.01 Å². The Kier molecular flexibility index (Phi) is 17.2. The van der Waals surface area contributed by atoms with Crippen LogP contribution in [0.4, 0.5) is 0 Å². The van der Waals surface area contributed by atoms with Gasteiger partial charge in [0.15, 0.2) is 0 Å². The molecule has 0 saturated heterocycles. The lowest BCUT2D eigenvalue weighted by Gasteiger charge is -2.21. The van der Waals surface area contributed by atoms with Crippen molar-refractivity contribution in [2.45, 2.75) is 78.1 Å². The van der Waals surface area contributed by atoms with Gasteiger partial charge in [-0.2, -0.15) is 0 Å². The largest absolute Gasteiger partial charge is 0.480 e. The van der Waals surface area contributed by atoms with Crippen molar-refractivity contribution < 1.29 is 9.90 Å². The summed E-state index contributed by atoms with van der Waals surface area (Å²) in [6, 6.07) is 0. The van der Waals surface area contributed by atoms with Crippen molar-refractivity contribution in [3.05, 3.63) is 0 Å². The summed E-state index contributed by atoms with van der Waals surface area (Å²) in [4.78, 5) is 10.8. The van der Waals surface area contributed by atoms with Crippen LogP contribution in [0, 0.1) is 0 Å². The third-order valence-electron chi connectivity index (χ3n) is 4.00. The fourth-order valence-corrected chi connectivity index (χ4v) is 2.62. The van der Waals surface area contributed by atoms with Crippen molar-refractivity contribution in [3.63, 3.8) is 0 Å². The first-order chi connectivity index (χ1) is 11.2. The first-order valence-electron chi connectivity index (χ1n) is 9.61. The number of hydrogen-bond acceptors (Lipinski definition) is 4. The summed E-state index contributed by atoms with van der Waals surface area (Å²) >= 11 is 0. The molecule has 0 bridgehead atoms. The van der Waals surface area contributed by atoms with Crippen LogP contribution in [0.1, 0.15) is 78.1 Å². The van der Waals surface area contributed by atoms with Crippen molar-refractivity contribution in [3.8, 4) is 0 Å². The van der Waals surface area contributed by atoms with E-state index in [2.05, 4.69) is 24.6 Å². The number of rotatable bonds is 18. The summed E-state index contributed by atoms with van der Waals surface area (Å²) in [5.74, 6) is -0.780. The normalized spacial score (nSPS) is 11.3. The Balaban J connectivity index is 3.45. The maximum absolute atomic E-state index is 10.8. The molecule has 0 amide bonds. The van der Waals surface area contributed by atoms with Gasteiger partial charge in [0.05, 0.1) is 0 Å². The van der Waals surface area contributed by atoms with Crippen molar-refractivity contribution in [2.24, 2.45) is 0 Å². The van der Waals surface area contributed by atoms with E-state index in [9.17, 15) is 4.79 Å². The van der Waals surface area contributed by atoms with Gasteiger partial charge in [-0.1, -0.05) is 71.6 Å². The van der Waals surface area contributed by atoms with Crippen molar-refractivity contribution in [1.29, 1.82) is 0 Å². The molecule has 0 aliphatic heterocycles. The van der Waals surface area contributed by atoms with Gasteiger partial charge in [0.2, 0.25) is 0 Å². The molecule has 138 valence electrons. The summed E-state index contributed by atoms with van der Waals surface area (Å²) in [5, 5.41) is 13.9. The second-order valence-electron chi connectivity index (χ2n) is 6.26. The fraction of sp³-hybridized carbons (Fsp3) is 0.944. The highest BCUT2D eigenvalue weighted by molar-refractivity contribution is 5.68. The number of hydrazine groups is 1. The Morgan fingerprint density at radius 3 is 1.96 bits per heavy atom. The molecule has 0 rings (SSSR count). The van der Waals surface area contributed by atoms with Crippen LogP contribution in [-0.4, -0.2) is 48.8 Å². The van der Waals surface area contributed by atoms with E-state index in [1.165, 1.54) is 57.8 Å². The summed E-state index contributed by atoms with van der Waals surface area (Å²) in [7, 11) is 0. The molecule has 0 atom stereocenters. The topological polar surface area (TPSA) is 64.6 Å². The molecule has 23 heavy (non-hydrogen) atoms. The molecule has 0 aromatic heterocycles. The predicted octanol–water partition coefficient (Wildman–Crippen LogP) is 3.41. The van der Waals surface area contributed by atoms with Crippen molar-refractivity contribution >= 4 is 5.97 Å². The first kappa shape index (κ1) is 22.4. The number of nitrogens with zero attached hydrogens (tertiary/aromatic N) is 1. The third-order valence-corrected chi connectivity index (χ3v) is 4.00. The van der Waals surface area contributed by atoms with E-state index in [0.29, 0.717) is 0 Å². The number of nitrogens with one attached hydrogen (secondary N) is 2. The summed E-state index contributed by atoms with van der Waals surface area (Å²) in [5.41, 5.74) is 3.25. The number of carboxylic acid groups (broad SMARTS) is 1. The van der Waals surface area contributed by atoms with Crippen molar-refractivity contribution in [1.82, 2.24) is 15.8 Å². The SMILES string of the molecule is CCCCCCCCCCCCNN(CCNCC)CC(=O)O. The quantitative estimate of drug-likeness (QED) is 0.266. The minimum Gasteiger partial charge on any atom is -0.480 e. The Morgan fingerprint density at radius 2 is 1.43 bits per heavy atom. The van der Waals surface area contributed by atoms with E-state index in [1.807, 2.05) is 0 Å². The van der Waals surface area contributed by atoms with E-state index >= 15 is 0 Å². The molecule has 3 N–H and O–H groups in total. The Labute approximate surface area is 143 Å². The number of carbonyl (C=O) groups is 1. The molecule has 0 aliphatic rings. The highest BCUT2D eigenvalue weighted by Crippen LogP contribution is 2.10. The maximum Gasteiger partial charge on any atom is 0.319 e. The minimum absolute atomic E-state index is 0.0587. The summed E-state index contributed by atoms with van der Waals surface area (Å²) in [6.07, 6.45) is 13.2. The van der Waals surface area contributed by atoms with Gasteiger partial charge in [-0.15, -0.1) is 0 Å². The monoisotopic (exact) mass is 329 g/mol. The molecule has 5 heteroatoms. The molecule has 5 nitrogen and oxygen atoms in total. The van der Waals surface area contributed by atoms with Crippen LogP contribution in [0.25, 0.3) is 0 Å². The van der Waals surface area contributed by atoms with Crippen LogP contribution in [-0.2, 0) is 4.79 Å². The highest BCUT2D eigenvalue weighted by atomic mass is 16.4. The number of carboxylic acids is 1.